The molecular formula is C8H5BClF3NO-. The molecule has 1 aromatic heterocycles. The fourth-order valence-electron chi connectivity index (χ4n) is 1.31. The van der Waals surface area contributed by atoms with Crippen LogP contribution >= 0.6 is 11.6 Å². The molecule has 2 aromatic rings. The van der Waals surface area contributed by atoms with Crippen molar-refractivity contribution < 1.29 is 17.4 Å². The molecule has 0 bridgehead atoms. The highest BCUT2D eigenvalue weighted by atomic mass is 35.5. The van der Waals surface area contributed by atoms with Crippen LogP contribution in [0, 0.1) is 6.92 Å². The van der Waals surface area contributed by atoms with E-state index in [1.54, 1.807) is 6.92 Å². The average Bonchev–Trinajstić information content (AvgIpc) is 2.44. The van der Waals surface area contributed by atoms with E-state index in [4.69, 9.17) is 16.0 Å². The van der Waals surface area contributed by atoms with E-state index in [1.165, 1.54) is 0 Å². The fourth-order valence-corrected chi connectivity index (χ4v) is 1.57. The predicted molar refractivity (Wildman–Crippen MR) is 52.5 cm³/mol. The van der Waals surface area contributed by atoms with E-state index >= 15 is 0 Å². The summed E-state index contributed by atoms with van der Waals surface area (Å²) in [6, 6.07) is 1.80. The second-order valence-electron chi connectivity index (χ2n) is 3.16. The number of halogens is 4. The molecule has 7 heteroatoms. The van der Waals surface area contributed by atoms with Crippen molar-refractivity contribution in [2.45, 2.75) is 6.92 Å². The molecule has 0 atom stereocenters. The number of hydrogen-bond acceptors (Lipinski definition) is 2. The van der Waals surface area contributed by atoms with Gasteiger partial charge >= 0.3 is 6.98 Å². The fraction of sp³-hybridized carbons (Fsp3) is 0.125. The molecule has 0 aliphatic carbocycles. The lowest BCUT2D eigenvalue weighted by Crippen LogP contribution is -2.33. The van der Waals surface area contributed by atoms with Gasteiger partial charge in [-0.3, -0.25) is 0 Å². The van der Waals surface area contributed by atoms with Crippen LogP contribution in [0.1, 0.15) is 5.89 Å². The lowest BCUT2D eigenvalue weighted by atomic mass is 9.80. The zero-order chi connectivity index (χ0) is 11.2. The van der Waals surface area contributed by atoms with Crippen molar-refractivity contribution >= 4 is 35.1 Å². The molecule has 0 fully saturated rings. The van der Waals surface area contributed by atoms with E-state index < -0.39 is 12.4 Å². The molecule has 80 valence electrons. The van der Waals surface area contributed by atoms with Gasteiger partial charge in [0.25, 0.3) is 0 Å². The van der Waals surface area contributed by atoms with Gasteiger partial charge in [-0.05, 0) is 0 Å². The highest BCUT2D eigenvalue weighted by molar-refractivity contribution is 6.74. The molecule has 1 aromatic carbocycles. The van der Waals surface area contributed by atoms with Crippen LogP contribution in [0.3, 0.4) is 0 Å². The van der Waals surface area contributed by atoms with Crippen LogP contribution in [0.15, 0.2) is 16.5 Å². The summed E-state index contributed by atoms with van der Waals surface area (Å²) in [5.41, 5.74) is -0.437. The van der Waals surface area contributed by atoms with Gasteiger partial charge in [0.1, 0.15) is 5.52 Å². The number of fused-ring (bicyclic) bond motifs is 1. The van der Waals surface area contributed by atoms with Gasteiger partial charge in [0.15, 0.2) is 11.5 Å². The van der Waals surface area contributed by atoms with Gasteiger partial charge in [-0.25, -0.2) is 4.98 Å². The Kier molecular flexibility index (Phi) is 2.18. The van der Waals surface area contributed by atoms with Crippen molar-refractivity contribution in [1.29, 1.82) is 0 Å². The van der Waals surface area contributed by atoms with Gasteiger partial charge in [0.2, 0.25) is 0 Å². The van der Waals surface area contributed by atoms with Crippen LogP contribution in [0.5, 0.6) is 0 Å². The van der Waals surface area contributed by atoms with E-state index in [2.05, 4.69) is 4.98 Å². The Morgan fingerprint density at radius 1 is 1.33 bits per heavy atom. The van der Waals surface area contributed by atoms with Crippen molar-refractivity contribution in [3.05, 3.63) is 23.0 Å². The minimum Gasteiger partial charge on any atom is -0.445 e. The topological polar surface area (TPSA) is 26.0 Å². The second kappa shape index (κ2) is 3.16. The first-order valence-corrected chi connectivity index (χ1v) is 4.52. The van der Waals surface area contributed by atoms with Crippen molar-refractivity contribution in [1.82, 2.24) is 4.98 Å². The summed E-state index contributed by atoms with van der Waals surface area (Å²) < 4.78 is 42.4. The summed E-state index contributed by atoms with van der Waals surface area (Å²) in [5, 5.41) is -0.0673. The van der Waals surface area contributed by atoms with Crippen LogP contribution in [-0.2, 0) is 0 Å². The minimum atomic E-state index is -5.06. The molecule has 0 aliphatic rings. The maximum absolute atomic E-state index is 12.4. The van der Waals surface area contributed by atoms with Gasteiger partial charge in [-0.1, -0.05) is 23.7 Å². The molecule has 0 radical (unpaired) electrons. The third kappa shape index (κ3) is 1.81. The van der Waals surface area contributed by atoms with Gasteiger partial charge in [-0.15, -0.1) is 5.46 Å². The van der Waals surface area contributed by atoms with Crippen molar-refractivity contribution in [3.8, 4) is 0 Å². The van der Waals surface area contributed by atoms with E-state index in [1.807, 2.05) is 0 Å². The van der Waals surface area contributed by atoms with E-state index in [0.29, 0.717) is 5.89 Å². The minimum absolute atomic E-state index is 0.0673. The first-order valence-electron chi connectivity index (χ1n) is 4.14. The van der Waals surface area contributed by atoms with Gasteiger partial charge in [0, 0.05) is 6.92 Å². The third-order valence-electron chi connectivity index (χ3n) is 1.95. The number of nitrogens with zero attached hydrogens (tertiary/aromatic N) is 1. The molecule has 2 nitrogen and oxygen atoms in total. The second-order valence-corrected chi connectivity index (χ2v) is 3.57. The first-order chi connectivity index (χ1) is 6.88. The number of aromatic nitrogens is 1. The summed E-state index contributed by atoms with van der Waals surface area (Å²) in [7, 11) is 0. The molecule has 0 N–H and O–H groups in total. The summed E-state index contributed by atoms with van der Waals surface area (Å²) >= 11 is 5.66. The highest BCUT2D eigenvalue weighted by Gasteiger charge is 2.27. The van der Waals surface area contributed by atoms with Crippen LogP contribution in [0.2, 0.25) is 5.02 Å². The van der Waals surface area contributed by atoms with E-state index in [9.17, 15) is 12.9 Å². The summed E-state index contributed by atoms with van der Waals surface area (Å²) in [4.78, 5) is 3.81. The Hall–Kier alpha value is -1.17. The average molecular weight is 234 g/mol. The Labute approximate surface area is 88.1 Å². The van der Waals surface area contributed by atoms with Crippen molar-refractivity contribution in [2.24, 2.45) is 0 Å². The van der Waals surface area contributed by atoms with Crippen LogP contribution in [0.4, 0.5) is 12.9 Å². The van der Waals surface area contributed by atoms with Crippen molar-refractivity contribution in [3.63, 3.8) is 0 Å². The smallest absolute Gasteiger partial charge is 0.445 e. The zero-order valence-electron chi connectivity index (χ0n) is 7.60. The third-order valence-corrected chi connectivity index (χ3v) is 2.23. The molecule has 0 unspecified atom stereocenters. The van der Waals surface area contributed by atoms with Gasteiger partial charge in [-0.2, -0.15) is 0 Å². The largest absolute Gasteiger partial charge is 0.509 e. The number of rotatable bonds is 1. The Morgan fingerprint density at radius 3 is 2.60 bits per heavy atom. The van der Waals surface area contributed by atoms with E-state index in [-0.39, 0.29) is 16.1 Å². The Bertz CT molecular complexity index is 522. The monoisotopic (exact) mass is 234 g/mol. The van der Waals surface area contributed by atoms with Crippen LogP contribution in [-0.4, -0.2) is 12.0 Å². The molecular weight excluding hydrogens is 229 g/mol. The standard InChI is InChI=1S/C8H5BClF3NO/c1-4-14-7-3-5(9(11,12)13)2-6(10)8(7)15-4/h2-3H,1H3/q-1. The maximum atomic E-state index is 12.4. The Morgan fingerprint density at radius 2 is 2.00 bits per heavy atom. The molecule has 1 heterocycles. The summed E-state index contributed by atoms with van der Waals surface area (Å²) in [6.45, 7) is -3.51. The van der Waals surface area contributed by atoms with Crippen LogP contribution < -0.4 is 5.46 Å². The maximum Gasteiger partial charge on any atom is 0.509 e. The van der Waals surface area contributed by atoms with Crippen molar-refractivity contribution in [2.75, 3.05) is 0 Å². The number of oxazole rings is 1. The molecule has 0 aliphatic heterocycles. The number of benzene rings is 1. The molecule has 0 spiro atoms. The SMILES string of the molecule is Cc1nc2cc([B-](F)(F)F)cc(Cl)c2o1. The predicted octanol–water partition coefficient (Wildman–Crippen LogP) is 2.84. The normalized spacial score (nSPS) is 12.3. The zero-order valence-corrected chi connectivity index (χ0v) is 8.36. The van der Waals surface area contributed by atoms with Gasteiger partial charge < -0.3 is 17.4 Å². The van der Waals surface area contributed by atoms with Gasteiger partial charge in [0.05, 0.1) is 5.02 Å². The quantitative estimate of drug-likeness (QED) is 0.709. The first kappa shape index (κ1) is 10.4. The molecule has 0 amide bonds. The number of aryl methyl sites for hydroxylation is 1. The molecule has 15 heavy (non-hydrogen) atoms. The molecule has 2 rings (SSSR count). The van der Waals surface area contributed by atoms with E-state index in [0.717, 1.165) is 12.1 Å². The van der Waals surface area contributed by atoms with Crippen LogP contribution in [0.25, 0.3) is 11.1 Å². The summed E-state index contributed by atoms with van der Waals surface area (Å²) in [5.74, 6) is 0.290. The Balaban J connectivity index is 2.72. The summed E-state index contributed by atoms with van der Waals surface area (Å²) in [6.07, 6.45) is 0. The lowest BCUT2D eigenvalue weighted by Gasteiger charge is -2.14. The number of hydrogen-bond donors (Lipinski definition) is 0. The molecule has 0 saturated heterocycles. The highest BCUT2D eigenvalue weighted by Crippen LogP contribution is 2.24. The molecule has 0 saturated carbocycles. The lowest BCUT2D eigenvalue weighted by molar-refractivity contribution is 0.501.